The summed E-state index contributed by atoms with van der Waals surface area (Å²) in [7, 11) is 0. The van der Waals surface area contributed by atoms with Gasteiger partial charge in [0.2, 0.25) is 5.91 Å². The van der Waals surface area contributed by atoms with Gasteiger partial charge >= 0.3 is 0 Å². The number of carbonyl (C=O) groups is 1. The molecule has 1 fully saturated rings. The minimum Gasteiger partial charge on any atom is -0.477 e. The molecule has 1 aliphatic carbocycles. The molecule has 18 heavy (non-hydrogen) atoms. The molecule has 1 saturated carbocycles. The quantitative estimate of drug-likeness (QED) is 0.865. The van der Waals surface area contributed by atoms with Crippen LogP contribution < -0.4 is 10.1 Å². The first kappa shape index (κ1) is 12.4. The second-order valence-electron chi connectivity index (χ2n) is 4.56. The van der Waals surface area contributed by atoms with Crippen molar-refractivity contribution in [2.45, 2.75) is 19.8 Å². The molecule has 1 aromatic carbocycles. The SMILES string of the molecule is CC(C(=O)Nc1ccccc1OCC#N)C1CC1. The van der Waals surface area contributed by atoms with Crippen molar-refractivity contribution in [1.29, 1.82) is 5.26 Å². The number of rotatable bonds is 5. The first-order valence-corrected chi connectivity index (χ1v) is 6.12. The summed E-state index contributed by atoms with van der Waals surface area (Å²) in [4.78, 5) is 12.0. The number of hydrogen-bond acceptors (Lipinski definition) is 3. The van der Waals surface area contributed by atoms with Gasteiger partial charge in [-0.05, 0) is 30.9 Å². The first-order chi connectivity index (χ1) is 8.72. The normalized spacial score (nSPS) is 15.6. The molecule has 1 aliphatic rings. The Morgan fingerprint density at radius 2 is 2.28 bits per heavy atom. The molecular weight excluding hydrogens is 228 g/mol. The lowest BCUT2D eigenvalue weighted by Gasteiger charge is -2.13. The largest absolute Gasteiger partial charge is 0.477 e. The van der Waals surface area contributed by atoms with Gasteiger partial charge in [-0.25, -0.2) is 0 Å². The zero-order valence-corrected chi connectivity index (χ0v) is 10.3. The molecule has 0 aliphatic heterocycles. The molecule has 0 saturated heterocycles. The summed E-state index contributed by atoms with van der Waals surface area (Å²) in [6.45, 7) is 1.93. The number of benzene rings is 1. The number of para-hydroxylation sites is 2. The fourth-order valence-corrected chi connectivity index (χ4v) is 1.86. The van der Waals surface area contributed by atoms with E-state index in [-0.39, 0.29) is 18.4 Å². The van der Waals surface area contributed by atoms with E-state index in [0.717, 1.165) is 12.8 Å². The summed E-state index contributed by atoms with van der Waals surface area (Å²) in [6.07, 6.45) is 2.28. The van der Waals surface area contributed by atoms with Gasteiger partial charge in [-0.1, -0.05) is 19.1 Å². The lowest BCUT2D eigenvalue weighted by atomic mass is 10.1. The second kappa shape index (κ2) is 5.54. The molecular formula is C14H16N2O2. The highest BCUT2D eigenvalue weighted by Crippen LogP contribution is 2.37. The Morgan fingerprint density at radius 1 is 1.56 bits per heavy atom. The van der Waals surface area contributed by atoms with Crippen LogP contribution >= 0.6 is 0 Å². The number of nitrogens with one attached hydrogen (secondary N) is 1. The Labute approximate surface area is 107 Å². The number of nitriles is 1. The van der Waals surface area contributed by atoms with Crippen molar-refractivity contribution >= 4 is 11.6 Å². The molecule has 1 amide bonds. The van der Waals surface area contributed by atoms with Crippen LogP contribution in [-0.4, -0.2) is 12.5 Å². The Bertz CT molecular complexity index is 475. The summed E-state index contributed by atoms with van der Waals surface area (Å²) in [5.41, 5.74) is 0.630. The van der Waals surface area contributed by atoms with E-state index in [1.807, 2.05) is 25.1 Å². The molecule has 0 heterocycles. The summed E-state index contributed by atoms with van der Waals surface area (Å²) >= 11 is 0. The van der Waals surface area contributed by atoms with Gasteiger partial charge < -0.3 is 10.1 Å². The Hall–Kier alpha value is -2.02. The van der Waals surface area contributed by atoms with E-state index in [1.165, 1.54) is 0 Å². The van der Waals surface area contributed by atoms with Crippen LogP contribution in [0.25, 0.3) is 0 Å². The molecule has 1 aromatic rings. The van der Waals surface area contributed by atoms with Gasteiger partial charge in [-0.2, -0.15) is 5.26 Å². The number of hydrogen-bond donors (Lipinski definition) is 1. The predicted molar refractivity (Wildman–Crippen MR) is 68.1 cm³/mol. The summed E-state index contributed by atoms with van der Waals surface area (Å²) in [5, 5.41) is 11.4. The monoisotopic (exact) mass is 244 g/mol. The fourth-order valence-electron chi connectivity index (χ4n) is 1.86. The average Bonchev–Trinajstić information content (AvgIpc) is 3.21. The van der Waals surface area contributed by atoms with Gasteiger partial charge in [-0.3, -0.25) is 4.79 Å². The average molecular weight is 244 g/mol. The van der Waals surface area contributed by atoms with Crippen LogP contribution in [0.1, 0.15) is 19.8 Å². The molecule has 4 nitrogen and oxygen atoms in total. The van der Waals surface area contributed by atoms with E-state index in [2.05, 4.69) is 5.32 Å². The van der Waals surface area contributed by atoms with Crippen molar-refractivity contribution in [2.24, 2.45) is 11.8 Å². The van der Waals surface area contributed by atoms with Crippen molar-refractivity contribution in [2.75, 3.05) is 11.9 Å². The highest BCUT2D eigenvalue weighted by molar-refractivity contribution is 5.94. The number of amides is 1. The molecule has 2 rings (SSSR count). The molecule has 0 spiro atoms. The van der Waals surface area contributed by atoms with Crippen molar-refractivity contribution in [3.8, 4) is 11.8 Å². The van der Waals surface area contributed by atoms with Gasteiger partial charge in [0.1, 0.15) is 11.8 Å². The third-order valence-corrected chi connectivity index (χ3v) is 3.18. The maximum absolute atomic E-state index is 12.0. The van der Waals surface area contributed by atoms with E-state index >= 15 is 0 Å². The van der Waals surface area contributed by atoms with Crippen molar-refractivity contribution in [3.05, 3.63) is 24.3 Å². The minimum atomic E-state index is -0.0228. The van der Waals surface area contributed by atoms with E-state index in [0.29, 0.717) is 17.4 Å². The van der Waals surface area contributed by atoms with Crippen LogP contribution in [0.4, 0.5) is 5.69 Å². The van der Waals surface area contributed by atoms with Crippen LogP contribution in [0.3, 0.4) is 0 Å². The fraction of sp³-hybridized carbons (Fsp3) is 0.429. The van der Waals surface area contributed by atoms with E-state index in [1.54, 1.807) is 12.1 Å². The van der Waals surface area contributed by atoms with Crippen molar-refractivity contribution in [3.63, 3.8) is 0 Å². The van der Waals surface area contributed by atoms with Gasteiger partial charge in [0.05, 0.1) is 5.69 Å². The minimum absolute atomic E-state index is 0.0190. The standard InChI is InChI=1S/C14H16N2O2/c1-10(11-6-7-11)14(17)16-12-4-2-3-5-13(12)18-9-8-15/h2-5,10-11H,6-7,9H2,1H3,(H,16,17). The Kier molecular flexibility index (Phi) is 3.83. The molecule has 1 atom stereocenters. The van der Waals surface area contributed by atoms with E-state index < -0.39 is 0 Å². The third-order valence-electron chi connectivity index (χ3n) is 3.18. The molecule has 1 unspecified atom stereocenters. The predicted octanol–water partition coefficient (Wildman–Crippen LogP) is 2.57. The summed E-state index contributed by atoms with van der Waals surface area (Å²) in [5.74, 6) is 1.12. The number of carbonyl (C=O) groups excluding carboxylic acids is 1. The first-order valence-electron chi connectivity index (χ1n) is 6.12. The zero-order valence-electron chi connectivity index (χ0n) is 10.3. The van der Waals surface area contributed by atoms with Gasteiger partial charge in [-0.15, -0.1) is 0 Å². The molecule has 0 bridgehead atoms. The number of anilines is 1. The van der Waals surface area contributed by atoms with E-state index in [4.69, 9.17) is 10.00 Å². The molecule has 4 heteroatoms. The highest BCUT2D eigenvalue weighted by Gasteiger charge is 2.32. The molecule has 1 N–H and O–H groups in total. The number of ether oxygens (including phenoxy) is 1. The van der Waals surface area contributed by atoms with Crippen molar-refractivity contribution < 1.29 is 9.53 Å². The van der Waals surface area contributed by atoms with Crippen LogP contribution in [0.2, 0.25) is 0 Å². The topological polar surface area (TPSA) is 62.1 Å². The molecule has 0 radical (unpaired) electrons. The maximum Gasteiger partial charge on any atom is 0.227 e. The summed E-state index contributed by atoms with van der Waals surface area (Å²) < 4.78 is 5.27. The van der Waals surface area contributed by atoms with Crippen LogP contribution in [0, 0.1) is 23.2 Å². The van der Waals surface area contributed by atoms with Gasteiger partial charge in [0.25, 0.3) is 0 Å². The molecule has 94 valence electrons. The van der Waals surface area contributed by atoms with Gasteiger partial charge in [0, 0.05) is 5.92 Å². The Morgan fingerprint density at radius 3 is 2.94 bits per heavy atom. The van der Waals surface area contributed by atoms with Crippen LogP contribution in [0.5, 0.6) is 5.75 Å². The van der Waals surface area contributed by atoms with Crippen LogP contribution in [-0.2, 0) is 4.79 Å². The van der Waals surface area contributed by atoms with E-state index in [9.17, 15) is 4.79 Å². The molecule has 0 aromatic heterocycles. The third kappa shape index (κ3) is 3.01. The lowest BCUT2D eigenvalue weighted by Crippen LogP contribution is -2.22. The second-order valence-corrected chi connectivity index (χ2v) is 4.56. The van der Waals surface area contributed by atoms with Crippen LogP contribution in [0.15, 0.2) is 24.3 Å². The lowest BCUT2D eigenvalue weighted by molar-refractivity contribution is -0.119. The highest BCUT2D eigenvalue weighted by atomic mass is 16.5. The smallest absolute Gasteiger partial charge is 0.227 e. The summed E-state index contributed by atoms with van der Waals surface area (Å²) in [6, 6.07) is 9.08. The van der Waals surface area contributed by atoms with Gasteiger partial charge in [0.15, 0.2) is 6.61 Å². The van der Waals surface area contributed by atoms with Crippen molar-refractivity contribution in [1.82, 2.24) is 0 Å². The Balaban J connectivity index is 2.03. The maximum atomic E-state index is 12.0. The zero-order chi connectivity index (χ0) is 13.0. The number of nitrogens with zero attached hydrogens (tertiary/aromatic N) is 1.